The fourth-order valence-corrected chi connectivity index (χ4v) is 3.94. The number of methoxy groups -OCH3 is 1. The van der Waals surface area contributed by atoms with Gasteiger partial charge >= 0.3 is 0 Å². The quantitative estimate of drug-likeness (QED) is 0.581. The number of ether oxygens (including phenoxy) is 1. The van der Waals surface area contributed by atoms with Crippen molar-refractivity contribution in [2.45, 2.75) is 43.3 Å². The van der Waals surface area contributed by atoms with Gasteiger partial charge in [-0.05, 0) is 12.8 Å². The molecule has 17 heavy (non-hydrogen) atoms. The summed E-state index contributed by atoms with van der Waals surface area (Å²) >= 11 is 0. The Morgan fingerprint density at radius 2 is 1.76 bits per heavy atom. The largest absolute Gasteiger partial charge is 0.383 e. The van der Waals surface area contributed by atoms with Gasteiger partial charge in [0.1, 0.15) is 0 Å². The molecule has 0 aromatic carbocycles. The van der Waals surface area contributed by atoms with E-state index in [0.29, 0.717) is 19.7 Å². The van der Waals surface area contributed by atoms with Gasteiger partial charge in [0.2, 0.25) is 0 Å². The molecule has 1 rings (SSSR count). The molecule has 0 saturated heterocycles. The molecule has 0 aromatic heterocycles. The lowest BCUT2D eigenvalue weighted by molar-refractivity contribution is 0.198. The molecule has 0 aromatic rings. The fourth-order valence-electron chi connectivity index (χ4n) is 2.54. The van der Waals surface area contributed by atoms with Crippen molar-refractivity contribution in [1.29, 1.82) is 0 Å². The zero-order chi connectivity index (χ0) is 12.8. The summed E-state index contributed by atoms with van der Waals surface area (Å²) < 4.78 is 28.5. The SMILES string of the molecule is COCCNCC1(S(C)(=O)=O)CCCCCC1. The summed E-state index contributed by atoms with van der Waals surface area (Å²) in [4.78, 5) is 0. The Labute approximate surface area is 105 Å². The van der Waals surface area contributed by atoms with Gasteiger partial charge in [0.05, 0.1) is 11.4 Å². The number of sulfone groups is 1. The number of hydrogen-bond acceptors (Lipinski definition) is 4. The predicted molar refractivity (Wildman–Crippen MR) is 70.0 cm³/mol. The van der Waals surface area contributed by atoms with Crippen LogP contribution in [0.15, 0.2) is 0 Å². The molecule has 0 atom stereocenters. The van der Waals surface area contributed by atoms with E-state index in [4.69, 9.17) is 4.74 Å². The Bertz CT molecular complexity index is 306. The first-order valence-corrected chi connectivity index (χ1v) is 8.30. The molecule has 1 aliphatic rings. The highest BCUT2D eigenvalue weighted by Crippen LogP contribution is 2.33. The summed E-state index contributed by atoms with van der Waals surface area (Å²) in [5, 5.41) is 3.23. The van der Waals surface area contributed by atoms with Crippen molar-refractivity contribution in [3.63, 3.8) is 0 Å². The molecule has 0 heterocycles. The molecule has 1 aliphatic carbocycles. The molecular formula is C12H25NO3S. The second kappa shape index (κ2) is 6.71. The van der Waals surface area contributed by atoms with Gasteiger partial charge in [-0.1, -0.05) is 25.7 Å². The molecule has 1 N–H and O–H groups in total. The second-order valence-electron chi connectivity index (χ2n) is 5.04. The monoisotopic (exact) mass is 263 g/mol. The van der Waals surface area contributed by atoms with Crippen LogP contribution in [0.5, 0.6) is 0 Å². The van der Waals surface area contributed by atoms with Crippen molar-refractivity contribution < 1.29 is 13.2 Å². The Morgan fingerprint density at radius 1 is 1.18 bits per heavy atom. The lowest BCUT2D eigenvalue weighted by atomic mass is 9.99. The van der Waals surface area contributed by atoms with Gasteiger partial charge in [0.15, 0.2) is 9.84 Å². The highest BCUT2D eigenvalue weighted by Gasteiger charge is 2.40. The van der Waals surface area contributed by atoms with Crippen molar-refractivity contribution in [3.8, 4) is 0 Å². The molecule has 5 heteroatoms. The van der Waals surface area contributed by atoms with Gasteiger partial charge in [-0.2, -0.15) is 0 Å². The summed E-state index contributed by atoms with van der Waals surface area (Å²) in [5.74, 6) is 0. The van der Waals surface area contributed by atoms with Gasteiger partial charge in [-0.3, -0.25) is 0 Å². The average Bonchev–Trinajstić information content (AvgIpc) is 2.50. The van der Waals surface area contributed by atoms with E-state index in [9.17, 15) is 8.42 Å². The molecule has 0 bridgehead atoms. The predicted octanol–water partition coefficient (Wildman–Crippen LogP) is 1.36. The van der Waals surface area contributed by atoms with Crippen LogP contribution in [0, 0.1) is 0 Å². The summed E-state index contributed by atoms with van der Waals surface area (Å²) in [6, 6.07) is 0. The smallest absolute Gasteiger partial charge is 0.154 e. The van der Waals surface area contributed by atoms with Crippen molar-refractivity contribution in [2.75, 3.05) is 33.1 Å². The summed E-state index contributed by atoms with van der Waals surface area (Å²) in [6.07, 6.45) is 7.36. The maximum Gasteiger partial charge on any atom is 0.154 e. The lowest BCUT2D eigenvalue weighted by Crippen LogP contribution is -2.47. The fraction of sp³-hybridized carbons (Fsp3) is 1.00. The molecule has 1 saturated carbocycles. The lowest BCUT2D eigenvalue weighted by Gasteiger charge is -2.31. The van der Waals surface area contributed by atoms with Gasteiger partial charge in [-0.15, -0.1) is 0 Å². The van der Waals surface area contributed by atoms with Crippen molar-refractivity contribution in [1.82, 2.24) is 5.32 Å². The van der Waals surface area contributed by atoms with E-state index < -0.39 is 14.6 Å². The van der Waals surface area contributed by atoms with E-state index in [-0.39, 0.29) is 0 Å². The molecule has 0 aliphatic heterocycles. The number of nitrogens with one attached hydrogen (secondary N) is 1. The van der Waals surface area contributed by atoms with Crippen molar-refractivity contribution in [2.24, 2.45) is 0 Å². The van der Waals surface area contributed by atoms with Gasteiger partial charge < -0.3 is 10.1 Å². The van der Waals surface area contributed by atoms with Gasteiger partial charge in [0.25, 0.3) is 0 Å². The minimum atomic E-state index is -3.00. The second-order valence-corrected chi connectivity index (χ2v) is 7.45. The molecular weight excluding hydrogens is 238 g/mol. The molecule has 0 spiro atoms. The maximum atomic E-state index is 12.1. The summed E-state index contributed by atoms with van der Waals surface area (Å²) in [7, 11) is -1.35. The maximum absolute atomic E-state index is 12.1. The molecule has 4 nitrogen and oxygen atoms in total. The zero-order valence-electron chi connectivity index (χ0n) is 11.0. The zero-order valence-corrected chi connectivity index (χ0v) is 11.8. The average molecular weight is 263 g/mol. The van der Waals surface area contributed by atoms with Crippen molar-refractivity contribution >= 4 is 9.84 Å². The Hall–Kier alpha value is -0.130. The number of rotatable bonds is 6. The van der Waals surface area contributed by atoms with Crippen LogP contribution >= 0.6 is 0 Å². The normalized spacial score (nSPS) is 21.1. The van der Waals surface area contributed by atoms with Crippen LogP contribution in [0.2, 0.25) is 0 Å². The van der Waals surface area contributed by atoms with Crippen LogP contribution in [0.3, 0.4) is 0 Å². The third-order valence-electron chi connectivity index (χ3n) is 3.73. The first-order chi connectivity index (χ1) is 8.02. The molecule has 1 fully saturated rings. The van der Waals surface area contributed by atoms with E-state index in [1.165, 1.54) is 6.26 Å². The van der Waals surface area contributed by atoms with E-state index in [1.807, 2.05) is 0 Å². The minimum Gasteiger partial charge on any atom is -0.383 e. The summed E-state index contributed by atoms with van der Waals surface area (Å²) in [5.41, 5.74) is 0. The molecule has 102 valence electrons. The van der Waals surface area contributed by atoms with Crippen LogP contribution in [0.4, 0.5) is 0 Å². The van der Waals surface area contributed by atoms with Crippen LogP contribution in [-0.2, 0) is 14.6 Å². The number of hydrogen-bond donors (Lipinski definition) is 1. The highest BCUT2D eigenvalue weighted by atomic mass is 32.2. The Balaban J connectivity index is 2.65. The first kappa shape index (κ1) is 14.9. The molecule has 0 amide bonds. The third kappa shape index (κ3) is 4.23. The van der Waals surface area contributed by atoms with Gasteiger partial charge in [-0.25, -0.2) is 8.42 Å². The third-order valence-corrected chi connectivity index (χ3v) is 5.86. The van der Waals surface area contributed by atoms with E-state index in [0.717, 1.165) is 38.5 Å². The van der Waals surface area contributed by atoms with Crippen LogP contribution < -0.4 is 5.32 Å². The van der Waals surface area contributed by atoms with Crippen molar-refractivity contribution in [3.05, 3.63) is 0 Å². The van der Waals surface area contributed by atoms with Crippen LogP contribution in [-0.4, -0.2) is 46.2 Å². The van der Waals surface area contributed by atoms with Crippen LogP contribution in [0.25, 0.3) is 0 Å². The molecule has 0 unspecified atom stereocenters. The summed E-state index contributed by atoms with van der Waals surface area (Å²) in [6.45, 7) is 1.91. The van der Waals surface area contributed by atoms with E-state index >= 15 is 0 Å². The van der Waals surface area contributed by atoms with E-state index in [2.05, 4.69) is 5.32 Å². The first-order valence-electron chi connectivity index (χ1n) is 6.41. The standard InChI is InChI=1S/C12H25NO3S/c1-16-10-9-13-11-12(17(2,14)15)7-5-3-4-6-8-12/h13H,3-11H2,1-2H3. The Kier molecular flexibility index (Phi) is 5.89. The van der Waals surface area contributed by atoms with Gasteiger partial charge in [0, 0.05) is 26.5 Å². The Morgan fingerprint density at radius 3 is 2.24 bits per heavy atom. The highest BCUT2D eigenvalue weighted by molar-refractivity contribution is 7.92. The topological polar surface area (TPSA) is 55.4 Å². The molecule has 0 radical (unpaired) electrons. The minimum absolute atomic E-state index is 0.544. The van der Waals surface area contributed by atoms with Crippen LogP contribution in [0.1, 0.15) is 38.5 Å². The van der Waals surface area contributed by atoms with E-state index in [1.54, 1.807) is 7.11 Å².